The van der Waals surface area contributed by atoms with Crippen LogP contribution in [0, 0.1) is 56.2 Å². The minimum atomic E-state index is -1.24. The highest BCUT2D eigenvalue weighted by molar-refractivity contribution is 5.72. The van der Waals surface area contributed by atoms with Gasteiger partial charge in [0.2, 0.25) is 0 Å². The smallest absolute Gasteiger partial charge is 0.309 e. The Hall–Kier alpha value is -1.77. The number of ether oxygens (including phenoxy) is 2. The van der Waals surface area contributed by atoms with Crippen molar-refractivity contribution in [2.75, 3.05) is 6.61 Å². The molecule has 4 saturated carbocycles. The first kappa shape index (κ1) is 34.6. The van der Waals surface area contributed by atoms with E-state index < -0.39 is 52.0 Å². The lowest BCUT2D eigenvalue weighted by Gasteiger charge is -2.72. The fourth-order valence-electron chi connectivity index (χ4n) is 11.6. The van der Waals surface area contributed by atoms with Crippen molar-refractivity contribution >= 4 is 18.2 Å². The third-order valence-electron chi connectivity index (χ3n) is 14.8. The van der Waals surface area contributed by atoms with Crippen LogP contribution >= 0.6 is 0 Å². The van der Waals surface area contributed by atoms with Crippen LogP contribution in [0.3, 0.4) is 0 Å². The first-order valence-electron chi connectivity index (χ1n) is 17.3. The summed E-state index contributed by atoms with van der Waals surface area (Å²) in [6, 6.07) is 0. The lowest BCUT2D eigenvalue weighted by molar-refractivity contribution is -0.263. The average molecular weight is 631 g/mol. The highest BCUT2D eigenvalue weighted by atomic mass is 16.6. The van der Waals surface area contributed by atoms with Crippen molar-refractivity contribution < 1.29 is 39.2 Å². The lowest BCUT2D eigenvalue weighted by atomic mass is 9.33. The number of allylic oxidation sites excluding steroid dienone is 2. The van der Waals surface area contributed by atoms with E-state index in [0.717, 1.165) is 32.0 Å². The minimum Gasteiger partial charge on any atom is -0.465 e. The Labute approximate surface area is 269 Å². The molecule has 0 aliphatic heterocycles. The second-order valence-electron chi connectivity index (χ2n) is 17.3. The van der Waals surface area contributed by atoms with Gasteiger partial charge in [-0.15, -0.1) is 0 Å². The summed E-state index contributed by atoms with van der Waals surface area (Å²) in [6.45, 7) is 17.8. The summed E-state index contributed by atoms with van der Waals surface area (Å²) in [5, 5.41) is 35.7. The van der Waals surface area contributed by atoms with E-state index in [-0.39, 0.29) is 47.1 Å². The number of carbonyl (C=O) groups is 3. The monoisotopic (exact) mass is 630 g/mol. The van der Waals surface area contributed by atoms with Crippen LogP contribution in [-0.4, -0.2) is 64.6 Å². The molecule has 4 fully saturated rings. The molecule has 5 rings (SSSR count). The van der Waals surface area contributed by atoms with Crippen LogP contribution in [0.15, 0.2) is 11.6 Å². The number of aliphatic hydroxyl groups excluding tert-OH is 3. The van der Waals surface area contributed by atoms with Crippen molar-refractivity contribution in [3.8, 4) is 0 Å². The molecule has 5 aliphatic rings. The van der Waals surface area contributed by atoms with Gasteiger partial charge >= 0.3 is 11.9 Å². The fraction of sp³-hybridized carbons (Fsp3) is 0.865. The predicted octanol–water partition coefficient (Wildman–Crippen LogP) is 5.40. The van der Waals surface area contributed by atoms with Crippen LogP contribution in [0.2, 0.25) is 0 Å². The standard InChI is InChI=1S/C37H58O8/c1-10-21(2)31(43)45-30-29(42)37(20-44-22(3)39)24(17-32(30,4)5)23-11-12-26-33(6)15-14-27(40)34(7,19-38)25(33)13-16-35(26,8)36(23,9)18-28(37)41/h11,19,21,24-30,40-42H,10,12-18,20H2,1-9H3/t21?,24-,25+,26+,27-,28+,29-,30-,33-,34-,35+,36+,37-/m0/s1. The third kappa shape index (κ3) is 4.65. The number of hydrogen-bond donors (Lipinski definition) is 3. The molecule has 0 aromatic heterocycles. The van der Waals surface area contributed by atoms with Gasteiger partial charge in [-0.1, -0.05) is 67.0 Å². The normalized spacial score (nSPS) is 49.2. The molecule has 0 spiro atoms. The molecule has 0 aromatic carbocycles. The Morgan fingerprint density at radius 2 is 1.67 bits per heavy atom. The molecule has 254 valence electrons. The zero-order valence-electron chi connectivity index (χ0n) is 29.0. The van der Waals surface area contributed by atoms with Gasteiger partial charge in [0.05, 0.1) is 29.0 Å². The summed E-state index contributed by atoms with van der Waals surface area (Å²) in [7, 11) is 0. The van der Waals surface area contributed by atoms with Crippen LogP contribution in [0.5, 0.6) is 0 Å². The molecular weight excluding hydrogens is 572 g/mol. The highest BCUT2D eigenvalue weighted by Gasteiger charge is 2.73. The molecule has 1 unspecified atom stereocenters. The van der Waals surface area contributed by atoms with Gasteiger partial charge < -0.3 is 29.6 Å². The fourth-order valence-corrected chi connectivity index (χ4v) is 11.6. The quantitative estimate of drug-likeness (QED) is 0.202. The van der Waals surface area contributed by atoms with Crippen LogP contribution in [0.4, 0.5) is 0 Å². The van der Waals surface area contributed by atoms with E-state index in [2.05, 4.69) is 26.8 Å². The van der Waals surface area contributed by atoms with Crippen molar-refractivity contribution in [3.63, 3.8) is 0 Å². The SMILES string of the molecule is CCC(C)C(=O)O[C@H]1[C@H](O)[C@]2(COC(C)=O)[C@H](O)C[C@]3(C)C(=CC[C@@H]4[C@@]5(C)CC[C@H](O)[C@@](C)(C=O)[C@@H]5CC[C@]43C)[C@@H]2CC1(C)C. The second kappa shape index (κ2) is 11.2. The Bertz CT molecular complexity index is 1240. The number of hydrogen-bond acceptors (Lipinski definition) is 8. The highest BCUT2D eigenvalue weighted by Crippen LogP contribution is 2.75. The minimum absolute atomic E-state index is 0.0656. The second-order valence-corrected chi connectivity index (χ2v) is 17.3. The van der Waals surface area contributed by atoms with Crippen molar-refractivity contribution in [1.29, 1.82) is 0 Å². The molecule has 3 N–H and O–H groups in total. The maximum Gasteiger partial charge on any atom is 0.309 e. The Morgan fingerprint density at radius 3 is 2.27 bits per heavy atom. The van der Waals surface area contributed by atoms with Crippen molar-refractivity contribution in [3.05, 3.63) is 11.6 Å². The van der Waals surface area contributed by atoms with E-state index in [1.807, 2.05) is 34.6 Å². The molecule has 8 heteroatoms. The van der Waals surface area contributed by atoms with E-state index in [1.165, 1.54) is 12.5 Å². The molecule has 45 heavy (non-hydrogen) atoms. The lowest BCUT2D eigenvalue weighted by Crippen LogP contribution is -2.72. The molecule has 0 amide bonds. The van der Waals surface area contributed by atoms with Gasteiger partial charge in [0, 0.05) is 12.3 Å². The van der Waals surface area contributed by atoms with Crippen LogP contribution in [0.1, 0.15) is 114 Å². The molecule has 0 heterocycles. The number of esters is 2. The number of carbonyl (C=O) groups excluding carboxylic acids is 3. The molecule has 0 radical (unpaired) electrons. The van der Waals surface area contributed by atoms with Gasteiger partial charge in [-0.3, -0.25) is 9.59 Å². The summed E-state index contributed by atoms with van der Waals surface area (Å²) in [5.74, 6) is -1.18. The number of aldehydes is 1. The van der Waals surface area contributed by atoms with Crippen LogP contribution < -0.4 is 0 Å². The molecule has 8 nitrogen and oxygen atoms in total. The molecular formula is C37H58O8. The Balaban J connectivity index is 1.61. The van der Waals surface area contributed by atoms with Gasteiger partial charge in [0.1, 0.15) is 25.1 Å². The zero-order chi connectivity index (χ0) is 33.5. The summed E-state index contributed by atoms with van der Waals surface area (Å²) in [6.07, 6.45) is 5.03. The molecule has 0 aromatic rings. The average Bonchev–Trinajstić information content (AvgIpc) is 2.96. The van der Waals surface area contributed by atoms with E-state index in [4.69, 9.17) is 9.47 Å². The predicted molar refractivity (Wildman–Crippen MR) is 170 cm³/mol. The van der Waals surface area contributed by atoms with Gasteiger partial charge in [0.15, 0.2) is 0 Å². The van der Waals surface area contributed by atoms with Gasteiger partial charge in [-0.2, -0.15) is 0 Å². The number of fused-ring (bicyclic) bond motifs is 7. The Morgan fingerprint density at radius 1 is 1.00 bits per heavy atom. The summed E-state index contributed by atoms with van der Waals surface area (Å²) in [5.41, 5.74) is -2.22. The number of aliphatic hydroxyl groups is 3. The Kier molecular flexibility index (Phi) is 8.57. The van der Waals surface area contributed by atoms with Crippen LogP contribution in [-0.2, 0) is 23.9 Å². The largest absolute Gasteiger partial charge is 0.465 e. The van der Waals surface area contributed by atoms with E-state index in [9.17, 15) is 29.7 Å². The maximum atomic E-state index is 13.1. The third-order valence-corrected chi connectivity index (χ3v) is 14.8. The first-order valence-corrected chi connectivity index (χ1v) is 17.3. The molecule has 5 aliphatic carbocycles. The maximum absolute atomic E-state index is 13.1. The van der Waals surface area contributed by atoms with Crippen molar-refractivity contribution in [2.45, 2.75) is 138 Å². The molecule has 13 atom stereocenters. The van der Waals surface area contributed by atoms with E-state index >= 15 is 0 Å². The van der Waals surface area contributed by atoms with Gasteiger partial charge in [0.25, 0.3) is 0 Å². The van der Waals surface area contributed by atoms with E-state index in [1.54, 1.807) is 0 Å². The van der Waals surface area contributed by atoms with Gasteiger partial charge in [-0.25, -0.2) is 0 Å². The van der Waals surface area contributed by atoms with Crippen molar-refractivity contribution in [1.82, 2.24) is 0 Å². The van der Waals surface area contributed by atoms with Gasteiger partial charge in [-0.05, 0) is 85.4 Å². The van der Waals surface area contributed by atoms with Crippen LogP contribution in [0.25, 0.3) is 0 Å². The number of rotatable bonds is 6. The molecule has 0 bridgehead atoms. The molecule has 0 saturated heterocycles. The van der Waals surface area contributed by atoms with E-state index in [0.29, 0.717) is 25.7 Å². The van der Waals surface area contributed by atoms with Crippen molar-refractivity contribution in [2.24, 2.45) is 56.2 Å². The summed E-state index contributed by atoms with van der Waals surface area (Å²) in [4.78, 5) is 37.8. The zero-order valence-corrected chi connectivity index (χ0v) is 29.0. The summed E-state index contributed by atoms with van der Waals surface area (Å²) >= 11 is 0. The topological polar surface area (TPSA) is 130 Å². The first-order chi connectivity index (χ1) is 20.8. The summed E-state index contributed by atoms with van der Waals surface area (Å²) < 4.78 is 11.7.